The molecule has 7 heteroatoms. The number of nitrogens with zero attached hydrogens (tertiary/aromatic N) is 2. The summed E-state index contributed by atoms with van der Waals surface area (Å²) in [5.41, 5.74) is 0. The molecule has 0 aliphatic rings. The van der Waals surface area contributed by atoms with Crippen molar-refractivity contribution < 1.29 is 9.90 Å². The first-order valence-corrected chi connectivity index (χ1v) is 6.55. The van der Waals surface area contributed by atoms with Crippen molar-refractivity contribution in [2.24, 2.45) is 0 Å². The van der Waals surface area contributed by atoms with Crippen LogP contribution in [0.3, 0.4) is 0 Å². The fourth-order valence-electron chi connectivity index (χ4n) is 0.742. The van der Waals surface area contributed by atoms with E-state index in [4.69, 9.17) is 5.11 Å². The van der Waals surface area contributed by atoms with Crippen LogP contribution in [0.4, 0.5) is 0 Å². The molecular formula is C6H5I3N2O2. The van der Waals surface area contributed by atoms with Gasteiger partial charge in [0.15, 0.2) is 0 Å². The quantitative estimate of drug-likeness (QED) is 0.626. The monoisotopic (exact) mass is 518 g/mol. The molecule has 0 spiro atoms. The molecule has 1 rings (SSSR count). The van der Waals surface area contributed by atoms with Crippen molar-refractivity contribution in [1.82, 2.24) is 9.78 Å². The summed E-state index contributed by atoms with van der Waals surface area (Å²) in [5, 5.41) is 12.7. The zero-order valence-corrected chi connectivity index (χ0v) is 12.8. The maximum absolute atomic E-state index is 10.3. The molecule has 0 unspecified atom stereocenters. The molecule has 0 radical (unpaired) electrons. The minimum Gasteiger partial charge on any atom is -0.481 e. The van der Waals surface area contributed by atoms with Gasteiger partial charge in [-0.2, -0.15) is 5.10 Å². The van der Waals surface area contributed by atoms with E-state index in [0.29, 0.717) is 6.54 Å². The fraction of sp³-hybridized carbons (Fsp3) is 0.333. The second-order valence-electron chi connectivity index (χ2n) is 2.26. The molecule has 0 bridgehead atoms. The smallest absolute Gasteiger partial charge is 0.305 e. The van der Waals surface area contributed by atoms with Gasteiger partial charge in [0.2, 0.25) is 0 Å². The highest BCUT2D eigenvalue weighted by atomic mass is 127. The summed E-state index contributed by atoms with van der Waals surface area (Å²) < 4.78 is 4.74. The maximum atomic E-state index is 10.3. The average Bonchev–Trinajstić information content (AvgIpc) is 2.29. The molecule has 0 saturated heterocycles. The Morgan fingerprint density at radius 3 is 2.46 bits per heavy atom. The number of aliphatic carboxylic acids is 1. The normalized spacial score (nSPS) is 10.4. The molecule has 0 fully saturated rings. The highest BCUT2D eigenvalue weighted by molar-refractivity contribution is 14.1. The topological polar surface area (TPSA) is 55.1 Å². The molecular weight excluding hydrogens is 513 g/mol. The van der Waals surface area contributed by atoms with E-state index in [0.717, 1.165) is 11.0 Å². The largest absolute Gasteiger partial charge is 0.481 e. The lowest BCUT2D eigenvalue weighted by molar-refractivity contribution is -0.137. The second kappa shape index (κ2) is 5.09. The van der Waals surface area contributed by atoms with Crippen molar-refractivity contribution in [1.29, 1.82) is 0 Å². The van der Waals surface area contributed by atoms with Crippen molar-refractivity contribution in [3.63, 3.8) is 0 Å². The van der Waals surface area contributed by atoms with E-state index in [1.54, 1.807) is 4.68 Å². The molecule has 0 saturated carbocycles. The van der Waals surface area contributed by atoms with Gasteiger partial charge in [0.05, 0.1) is 16.5 Å². The number of aromatic nitrogens is 2. The highest BCUT2D eigenvalue weighted by Gasteiger charge is 2.11. The zero-order chi connectivity index (χ0) is 10.0. The van der Waals surface area contributed by atoms with Crippen LogP contribution >= 0.6 is 67.8 Å². The Morgan fingerprint density at radius 2 is 2.08 bits per heavy atom. The van der Waals surface area contributed by atoms with E-state index in [1.165, 1.54) is 0 Å². The zero-order valence-electron chi connectivity index (χ0n) is 6.30. The Labute approximate surface area is 116 Å². The van der Waals surface area contributed by atoms with Gasteiger partial charge in [-0.15, -0.1) is 0 Å². The first-order chi connectivity index (χ1) is 6.02. The summed E-state index contributed by atoms with van der Waals surface area (Å²) in [6, 6.07) is 0. The van der Waals surface area contributed by atoms with E-state index >= 15 is 0 Å². The Kier molecular flexibility index (Phi) is 4.68. The van der Waals surface area contributed by atoms with E-state index < -0.39 is 5.97 Å². The van der Waals surface area contributed by atoms with Gasteiger partial charge in [0.1, 0.15) is 7.40 Å². The molecule has 0 amide bonds. The second-order valence-corrected chi connectivity index (χ2v) is 5.38. The summed E-state index contributed by atoms with van der Waals surface area (Å²) in [6.45, 7) is 0.437. The Morgan fingerprint density at radius 1 is 1.46 bits per heavy atom. The van der Waals surface area contributed by atoms with Crippen LogP contribution in [0.15, 0.2) is 0 Å². The first kappa shape index (κ1) is 11.9. The lowest BCUT2D eigenvalue weighted by Gasteiger charge is -1.99. The maximum Gasteiger partial charge on any atom is 0.305 e. The number of halogens is 3. The van der Waals surface area contributed by atoms with Crippen LogP contribution < -0.4 is 0 Å². The highest BCUT2D eigenvalue weighted by Crippen LogP contribution is 2.20. The molecule has 4 nitrogen and oxygen atoms in total. The van der Waals surface area contributed by atoms with E-state index in [-0.39, 0.29) is 6.42 Å². The average molecular weight is 518 g/mol. The van der Waals surface area contributed by atoms with Gasteiger partial charge in [-0.1, -0.05) is 0 Å². The molecule has 0 atom stereocenters. The van der Waals surface area contributed by atoms with Gasteiger partial charge in [0.25, 0.3) is 0 Å². The number of hydrogen-bond acceptors (Lipinski definition) is 2. The lowest BCUT2D eigenvalue weighted by Crippen LogP contribution is -2.07. The van der Waals surface area contributed by atoms with Crippen molar-refractivity contribution in [2.45, 2.75) is 13.0 Å². The van der Waals surface area contributed by atoms with Crippen LogP contribution in [-0.2, 0) is 11.3 Å². The van der Waals surface area contributed by atoms with Crippen molar-refractivity contribution in [2.75, 3.05) is 0 Å². The molecule has 1 aromatic heterocycles. The summed E-state index contributed by atoms with van der Waals surface area (Å²) in [7, 11) is 0. The van der Waals surface area contributed by atoms with Crippen LogP contribution in [0, 0.1) is 11.0 Å². The molecule has 1 N–H and O–H groups in total. The number of carbonyl (C=O) groups is 1. The number of carboxylic acid groups (broad SMARTS) is 1. The Hall–Kier alpha value is 0.870. The molecule has 0 aromatic carbocycles. The molecule has 1 aromatic rings. The van der Waals surface area contributed by atoms with Crippen molar-refractivity contribution in [3.05, 3.63) is 11.0 Å². The van der Waals surface area contributed by atoms with Crippen molar-refractivity contribution in [3.8, 4) is 0 Å². The van der Waals surface area contributed by atoms with Gasteiger partial charge in [-0.05, 0) is 67.8 Å². The van der Waals surface area contributed by atoms with E-state index in [2.05, 4.69) is 72.9 Å². The van der Waals surface area contributed by atoms with Crippen LogP contribution in [-0.4, -0.2) is 20.9 Å². The predicted molar refractivity (Wildman–Crippen MR) is 72.6 cm³/mol. The third kappa shape index (κ3) is 3.18. The van der Waals surface area contributed by atoms with Crippen LogP contribution in [0.2, 0.25) is 0 Å². The van der Waals surface area contributed by atoms with E-state index in [9.17, 15) is 4.79 Å². The predicted octanol–water partition coefficient (Wildman–Crippen LogP) is 2.17. The standard InChI is InChI=1S/C6H5I3N2O2/c7-4-5(8)10-11(6(4)9)2-1-3(12)13/h1-2H2,(H,12,13). The summed E-state index contributed by atoms with van der Waals surface area (Å²) in [5.74, 6) is -0.795. The van der Waals surface area contributed by atoms with Gasteiger partial charge < -0.3 is 5.11 Å². The number of aryl methyl sites for hydroxylation is 1. The summed E-state index contributed by atoms with van der Waals surface area (Å²) in [4.78, 5) is 10.3. The van der Waals surface area contributed by atoms with Crippen LogP contribution in [0.5, 0.6) is 0 Å². The van der Waals surface area contributed by atoms with Crippen LogP contribution in [0.1, 0.15) is 6.42 Å². The molecule has 1 heterocycles. The molecule has 0 aliphatic carbocycles. The minimum atomic E-state index is -0.795. The summed E-state index contributed by atoms with van der Waals surface area (Å²) >= 11 is 6.50. The van der Waals surface area contributed by atoms with Crippen molar-refractivity contribution >= 4 is 73.7 Å². The van der Waals surface area contributed by atoms with Gasteiger partial charge in [-0.3, -0.25) is 9.48 Å². The van der Waals surface area contributed by atoms with Gasteiger partial charge in [-0.25, -0.2) is 0 Å². The lowest BCUT2D eigenvalue weighted by atomic mass is 10.4. The van der Waals surface area contributed by atoms with Gasteiger partial charge in [0, 0.05) is 0 Å². The third-order valence-electron chi connectivity index (χ3n) is 1.33. The Balaban J connectivity index is 2.78. The summed E-state index contributed by atoms with van der Waals surface area (Å²) in [6.07, 6.45) is 0.115. The first-order valence-electron chi connectivity index (χ1n) is 3.31. The molecule has 0 aliphatic heterocycles. The number of hydrogen-bond donors (Lipinski definition) is 1. The van der Waals surface area contributed by atoms with E-state index in [1.807, 2.05) is 0 Å². The minimum absolute atomic E-state index is 0.115. The van der Waals surface area contributed by atoms with Crippen LogP contribution in [0.25, 0.3) is 0 Å². The molecule has 72 valence electrons. The third-order valence-corrected chi connectivity index (χ3v) is 6.27. The van der Waals surface area contributed by atoms with Gasteiger partial charge >= 0.3 is 5.97 Å². The SMILES string of the molecule is O=C(O)CCn1nc(I)c(I)c1I. The molecule has 13 heavy (non-hydrogen) atoms. The number of carboxylic acids is 1. The fourth-order valence-corrected chi connectivity index (χ4v) is 2.76. The Bertz CT molecular complexity index is 337. The number of rotatable bonds is 3.